The predicted octanol–water partition coefficient (Wildman–Crippen LogP) is 1.96. The van der Waals surface area contributed by atoms with E-state index in [1.165, 1.54) is 18.5 Å². The maximum atomic E-state index is 13.9. The molecule has 1 fully saturated rings. The molecule has 1 saturated carbocycles. The lowest BCUT2D eigenvalue weighted by atomic mass is 9.75. The molecule has 3 rings (SSSR count). The molecule has 22 heavy (non-hydrogen) atoms. The second kappa shape index (κ2) is 5.13. The van der Waals surface area contributed by atoms with Crippen molar-refractivity contribution in [2.24, 2.45) is 0 Å². The third-order valence-electron chi connectivity index (χ3n) is 3.88. The fourth-order valence-electron chi connectivity index (χ4n) is 2.30. The average molecular weight is 308 g/mol. The summed E-state index contributed by atoms with van der Waals surface area (Å²) >= 11 is 0. The summed E-state index contributed by atoms with van der Waals surface area (Å²) in [6.45, 7) is 0. The van der Waals surface area contributed by atoms with Gasteiger partial charge >= 0.3 is 5.92 Å². The zero-order chi connectivity index (χ0) is 15.8. The number of amides is 1. The third kappa shape index (κ3) is 2.35. The minimum absolute atomic E-state index is 0.0716. The molecular formula is C14H14F2N4O2. The number of nitrogens with one attached hydrogen (secondary N) is 2. The largest absolute Gasteiger partial charge is 0.383 e. The molecule has 1 heterocycles. The van der Waals surface area contributed by atoms with Crippen LogP contribution in [0.4, 0.5) is 14.5 Å². The summed E-state index contributed by atoms with van der Waals surface area (Å²) in [4.78, 5) is 15.7. The molecule has 1 aliphatic rings. The summed E-state index contributed by atoms with van der Waals surface area (Å²) in [6, 6.07) is 6.20. The van der Waals surface area contributed by atoms with E-state index >= 15 is 0 Å². The normalized spacial score (nSPS) is 16.9. The van der Waals surface area contributed by atoms with E-state index in [1.54, 1.807) is 12.1 Å². The van der Waals surface area contributed by atoms with E-state index in [9.17, 15) is 18.7 Å². The molecule has 0 bridgehead atoms. The van der Waals surface area contributed by atoms with Crippen molar-refractivity contribution in [2.75, 3.05) is 5.32 Å². The van der Waals surface area contributed by atoms with Gasteiger partial charge in [0.1, 0.15) is 11.9 Å². The molecule has 1 aliphatic carbocycles. The molecule has 1 aromatic carbocycles. The number of aromatic amines is 1. The van der Waals surface area contributed by atoms with Crippen LogP contribution in [-0.2, 0) is 4.79 Å². The topological polar surface area (TPSA) is 90.9 Å². The zero-order valence-corrected chi connectivity index (χ0v) is 11.5. The average Bonchev–Trinajstić information content (AvgIpc) is 2.99. The lowest BCUT2D eigenvalue weighted by Crippen LogP contribution is -2.59. The summed E-state index contributed by atoms with van der Waals surface area (Å²) in [5, 5.41) is 18.2. The highest BCUT2D eigenvalue weighted by atomic mass is 19.3. The van der Waals surface area contributed by atoms with Crippen molar-refractivity contribution in [3.8, 4) is 11.4 Å². The van der Waals surface area contributed by atoms with Gasteiger partial charge in [-0.05, 0) is 43.5 Å². The van der Waals surface area contributed by atoms with Gasteiger partial charge in [-0.15, -0.1) is 0 Å². The number of hydrogen-bond donors (Lipinski definition) is 3. The number of halogens is 2. The summed E-state index contributed by atoms with van der Waals surface area (Å²) < 4.78 is 27.9. The minimum Gasteiger partial charge on any atom is -0.383 e. The summed E-state index contributed by atoms with van der Waals surface area (Å²) in [7, 11) is 0. The van der Waals surface area contributed by atoms with Crippen LogP contribution in [0.1, 0.15) is 19.3 Å². The Morgan fingerprint density at radius 2 is 2.00 bits per heavy atom. The standard InChI is InChI=1S/C14H14F2N4O2/c15-14(16,13(22)6-1-7-13)12(21)19-10-4-2-9(3-5-10)11-17-8-18-20-11/h2-5,8,22H,1,6-7H2,(H,19,21)(H,17,18,20). The maximum absolute atomic E-state index is 13.9. The van der Waals surface area contributed by atoms with Crippen LogP contribution in [-0.4, -0.2) is 37.7 Å². The van der Waals surface area contributed by atoms with Gasteiger partial charge in [0.05, 0.1) is 0 Å². The molecule has 8 heteroatoms. The van der Waals surface area contributed by atoms with E-state index in [0.717, 1.165) is 0 Å². The highest BCUT2D eigenvalue weighted by molar-refractivity contribution is 5.97. The first-order valence-electron chi connectivity index (χ1n) is 6.80. The van der Waals surface area contributed by atoms with Crippen molar-refractivity contribution < 1.29 is 18.7 Å². The van der Waals surface area contributed by atoms with Crippen molar-refractivity contribution in [3.05, 3.63) is 30.6 Å². The van der Waals surface area contributed by atoms with Gasteiger partial charge in [-0.2, -0.15) is 13.9 Å². The van der Waals surface area contributed by atoms with Crippen LogP contribution in [0.15, 0.2) is 30.6 Å². The first kappa shape index (κ1) is 14.6. The number of benzene rings is 1. The van der Waals surface area contributed by atoms with E-state index < -0.39 is 17.4 Å². The molecule has 0 saturated heterocycles. The predicted molar refractivity (Wildman–Crippen MR) is 74.2 cm³/mol. The molecule has 6 nitrogen and oxygen atoms in total. The highest BCUT2D eigenvalue weighted by Crippen LogP contribution is 2.44. The maximum Gasteiger partial charge on any atom is 0.352 e. The van der Waals surface area contributed by atoms with Crippen molar-refractivity contribution >= 4 is 11.6 Å². The molecule has 1 amide bonds. The Hall–Kier alpha value is -2.35. The fourth-order valence-corrected chi connectivity index (χ4v) is 2.30. The van der Waals surface area contributed by atoms with Crippen molar-refractivity contribution in [2.45, 2.75) is 30.8 Å². The van der Waals surface area contributed by atoms with Crippen molar-refractivity contribution in [1.29, 1.82) is 0 Å². The first-order chi connectivity index (χ1) is 10.4. The Morgan fingerprint density at radius 1 is 1.32 bits per heavy atom. The number of nitrogens with zero attached hydrogens (tertiary/aromatic N) is 2. The lowest BCUT2D eigenvalue weighted by molar-refractivity contribution is -0.212. The van der Waals surface area contributed by atoms with Crippen LogP contribution in [0.3, 0.4) is 0 Å². The lowest BCUT2D eigenvalue weighted by Gasteiger charge is -2.41. The van der Waals surface area contributed by atoms with Gasteiger partial charge in [0.25, 0.3) is 5.91 Å². The Balaban J connectivity index is 1.72. The number of hydrogen-bond acceptors (Lipinski definition) is 4. The molecule has 0 aliphatic heterocycles. The number of alkyl halides is 2. The highest BCUT2D eigenvalue weighted by Gasteiger charge is 2.61. The second-order valence-electron chi connectivity index (χ2n) is 5.33. The molecule has 0 unspecified atom stereocenters. The molecule has 0 spiro atoms. The molecule has 3 N–H and O–H groups in total. The van der Waals surface area contributed by atoms with E-state index in [2.05, 4.69) is 20.5 Å². The molecule has 0 radical (unpaired) electrons. The minimum atomic E-state index is -3.81. The van der Waals surface area contributed by atoms with E-state index in [0.29, 0.717) is 17.8 Å². The molecule has 2 aromatic rings. The first-order valence-corrected chi connectivity index (χ1v) is 6.80. The van der Waals surface area contributed by atoms with Gasteiger partial charge in [0, 0.05) is 11.3 Å². The number of rotatable bonds is 4. The number of aromatic nitrogens is 3. The van der Waals surface area contributed by atoms with Crippen LogP contribution < -0.4 is 5.32 Å². The molecule has 1 aromatic heterocycles. The van der Waals surface area contributed by atoms with E-state index in [4.69, 9.17) is 0 Å². The van der Waals surface area contributed by atoms with Crippen LogP contribution in [0.5, 0.6) is 0 Å². The molecule has 116 valence electrons. The molecular weight excluding hydrogens is 294 g/mol. The summed E-state index contributed by atoms with van der Waals surface area (Å²) in [6.07, 6.45) is 1.70. The Morgan fingerprint density at radius 3 is 2.50 bits per heavy atom. The van der Waals surface area contributed by atoms with Gasteiger partial charge in [0.2, 0.25) is 0 Å². The zero-order valence-electron chi connectivity index (χ0n) is 11.5. The van der Waals surface area contributed by atoms with Gasteiger partial charge in [-0.25, -0.2) is 4.98 Å². The Kier molecular flexibility index (Phi) is 3.40. The van der Waals surface area contributed by atoms with Crippen LogP contribution in [0.2, 0.25) is 0 Å². The quantitative estimate of drug-likeness (QED) is 0.805. The van der Waals surface area contributed by atoms with E-state index in [1.807, 2.05) is 0 Å². The van der Waals surface area contributed by atoms with Gasteiger partial charge < -0.3 is 10.4 Å². The SMILES string of the molecule is O=C(Nc1ccc(-c2ncn[nH]2)cc1)C(F)(F)C1(O)CCC1. The second-order valence-corrected chi connectivity index (χ2v) is 5.33. The number of anilines is 1. The smallest absolute Gasteiger partial charge is 0.352 e. The number of carbonyl (C=O) groups is 1. The van der Waals surface area contributed by atoms with Crippen LogP contribution in [0, 0.1) is 0 Å². The van der Waals surface area contributed by atoms with E-state index in [-0.39, 0.29) is 18.5 Å². The van der Waals surface area contributed by atoms with Crippen molar-refractivity contribution in [3.63, 3.8) is 0 Å². The number of carbonyl (C=O) groups excluding carboxylic acids is 1. The number of aliphatic hydroxyl groups is 1. The van der Waals surface area contributed by atoms with Crippen LogP contribution >= 0.6 is 0 Å². The van der Waals surface area contributed by atoms with Gasteiger partial charge in [-0.3, -0.25) is 9.89 Å². The number of H-pyrrole nitrogens is 1. The summed E-state index contributed by atoms with van der Waals surface area (Å²) in [5.41, 5.74) is -1.30. The van der Waals surface area contributed by atoms with Crippen LogP contribution in [0.25, 0.3) is 11.4 Å². The van der Waals surface area contributed by atoms with Gasteiger partial charge in [0.15, 0.2) is 5.82 Å². The molecule has 0 atom stereocenters. The van der Waals surface area contributed by atoms with Gasteiger partial charge in [-0.1, -0.05) is 0 Å². The monoisotopic (exact) mass is 308 g/mol. The Bertz CT molecular complexity index is 667. The fraction of sp³-hybridized carbons (Fsp3) is 0.357. The Labute approximate surface area is 124 Å². The summed E-state index contributed by atoms with van der Waals surface area (Å²) in [5.74, 6) is -4.77. The third-order valence-corrected chi connectivity index (χ3v) is 3.88. The van der Waals surface area contributed by atoms with Crippen molar-refractivity contribution in [1.82, 2.24) is 15.2 Å².